The van der Waals surface area contributed by atoms with E-state index >= 15 is 0 Å². The van der Waals surface area contributed by atoms with Gasteiger partial charge >= 0.3 is 0 Å². The maximum atomic E-state index is 11.8. The summed E-state index contributed by atoms with van der Waals surface area (Å²) in [6.07, 6.45) is 1.38. The van der Waals surface area contributed by atoms with E-state index in [4.69, 9.17) is 35.4 Å². The number of aromatic amines is 1. The van der Waals surface area contributed by atoms with Gasteiger partial charge in [-0.2, -0.15) is 14.9 Å². The van der Waals surface area contributed by atoms with Crippen molar-refractivity contribution >= 4 is 41.6 Å². The van der Waals surface area contributed by atoms with Gasteiger partial charge in [-0.1, -0.05) is 29.3 Å². The van der Waals surface area contributed by atoms with Crippen molar-refractivity contribution in [2.45, 2.75) is 6.92 Å². The fourth-order valence-corrected chi connectivity index (χ4v) is 2.00. The van der Waals surface area contributed by atoms with Gasteiger partial charge in [-0.05, 0) is 31.3 Å². The number of hydrogen-bond acceptors (Lipinski definition) is 4. The van der Waals surface area contributed by atoms with Crippen LogP contribution in [-0.2, 0) is 0 Å². The lowest BCUT2D eigenvalue weighted by atomic mass is 10.2. The molecule has 0 atom stereocenters. The molecule has 19 heavy (non-hydrogen) atoms. The van der Waals surface area contributed by atoms with Crippen LogP contribution in [0.15, 0.2) is 28.1 Å². The van der Waals surface area contributed by atoms with Crippen molar-refractivity contribution in [3.63, 3.8) is 0 Å². The molecule has 0 bridgehead atoms. The van der Waals surface area contributed by atoms with E-state index in [0.717, 1.165) is 4.68 Å². The minimum Gasteiger partial charge on any atom is -0.265 e. The number of halogens is 2. The molecule has 0 aliphatic carbocycles. The third kappa shape index (κ3) is 2.91. The number of aryl methyl sites for hydroxylation is 1. The maximum Gasteiger partial charge on any atom is 0.296 e. The summed E-state index contributed by atoms with van der Waals surface area (Å²) >= 11 is 16.9. The molecular weight excluding hydrogens is 307 g/mol. The Morgan fingerprint density at radius 1 is 1.42 bits per heavy atom. The molecular formula is C11H8Cl2N4OS. The molecule has 0 saturated heterocycles. The van der Waals surface area contributed by atoms with Gasteiger partial charge in [0.1, 0.15) is 5.69 Å². The van der Waals surface area contributed by atoms with Gasteiger partial charge in [-0.25, -0.2) is 0 Å². The molecule has 1 N–H and O–H groups in total. The quantitative estimate of drug-likeness (QED) is 0.685. The first-order valence-corrected chi connectivity index (χ1v) is 6.34. The minimum atomic E-state index is -0.400. The molecule has 5 nitrogen and oxygen atoms in total. The van der Waals surface area contributed by atoms with Crippen LogP contribution in [0.3, 0.4) is 0 Å². The molecule has 8 heteroatoms. The number of nitrogens with one attached hydrogen (secondary N) is 1. The van der Waals surface area contributed by atoms with Crippen LogP contribution in [0.25, 0.3) is 0 Å². The zero-order valence-corrected chi connectivity index (χ0v) is 12.1. The van der Waals surface area contributed by atoms with Crippen molar-refractivity contribution < 1.29 is 0 Å². The zero-order valence-electron chi connectivity index (χ0n) is 9.72. The monoisotopic (exact) mass is 314 g/mol. The largest absolute Gasteiger partial charge is 0.296 e. The number of hydrogen-bond donors (Lipinski definition) is 1. The van der Waals surface area contributed by atoms with Crippen LogP contribution in [0.1, 0.15) is 11.3 Å². The average Bonchev–Trinajstić information content (AvgIpc) is 2.37. The van der Waals surface area contributed by atoms with Gasteiger partial charge in [0.05, 0.1) is 16.3 Å². The van der Waals surface area contributed by atoms with Crippen LogP contribution in [0.5, 0.6) is 0 Å². The standard InChI is InChI=1S/C11H8Cl2N4OS/c1-6-10(18)17(11(19)16-15-6)14-5-7-8(12)3-2-4-9(7)13/h2-5H,1H3,(H,16,19)/b14-5+. The number of H-pyrrole nitrogens is 1. The van der Waals surface area contributed by atoms with Gasteiger partial charge in [0, 0.05) is 5.56 Å². The number of rotatable bonds is 2. The van der Waals surface area contributed by atoms with E-state index < -0.39 is 5.56 Å². The fourth-order valence-electron chi connectivity index (χ4n) is 1.33. The lowest BCUT2D eigenvalue weighted by Crippen LogP contribution is -2.22. The van der Waals surface area contributed by atoms with E-state index in [0.29, 0.717) is 15.6 Å². The Hall–Kier alpha value is -1.50. The first-order chi connectivity index (χ1) is 9.00. The van der Waals surface area contributed by atoms with Crippen LogP contribution in [0, 0.1) is 11.7 Å². The Kier molecular flexibility index (Phi) is 4.14. The number of benzene rings is 1. The molecule has 98 valence electrons. The van der Waals surface area contributed by atoms with E-state index in [2.05, 4.69) is 15.3 Å². The summed E-state index contributed by atoms with van der Waals surface area (Å²) in [5.41, 5.74) is 0.376. The molecule has 2 aromatic rings. The van der Waals surface area contributed by atoms with Gasteiger partial charge in [-0.3, -0.25) is 9.89 Å². The highest BCUT2D eigenvalue weighted by atomic mass is 35.5. The lowest BCUT2D eigenvalue weighted by Gasteiger charge is -2.02. The molecule has 1 aromatic carbocycles. The third-order valence-electron chi connectivity index (χ3n) is 2.32. The van der Waals surface area contributed by atoms with Crippen molar-refractivity contribution in [2.24, 2.45) is 5.10 Å². The number of aromatic nitrogens is 3. The topological polar surface area (TPSA) is 63.0 Å². The van der Waals surface area contributed by atoms with Gasteiger partial charge < -0.3 is 0 Å². The summed E-state index contributed by atoms with van der Waals surface area (Å²) in [6.45, 7) is 1.56. The Morgan fingerprint density at radius 2 is 2.05 bits per heavy atom. The fraction of sp³-hybridized carbons (Fsp3) is 0.0909. The van der Waals surface area contributed by atoms with Crippen LogP contribution < -0.4 is 5.56 Å². The molecule has 0 saturated carbocycles. The SMILES string of the molecule is Cc1n[nH]c(=S)n(/N=C/c2c(Cl)cccc2Cl)c1=O. The molecule has 0 spiro atoms. The summed E-state index contributed by atoms with van der Waals surface area (Å²) in [6, 6.07) is 5.07. The molecule has 0 aliphatic heterocycles. The number of nitrogens with zero attached hydrogens (tertiary/aromatic N) is 3. The smallest absolute Gasteiger partial charge is 0.265 e. The third-order valence-corrected chi connectivity index (χ3v) is 3.24. The predicted molar refractivity (Wildman–Crippen MR) is 77.9 cm³/mol. The summed E-state index contributed by atoms with van der Waals surface area (Å²) < 4.78 is 1.12. The summed E-state index contributed by atoms with van der Waals surface area (Å²) in [5, 5.41) is 11.1. The Bertz CT molecular complexity index is 746. The van der Waals surface area contributed by atoms with Crippen LogP contribution in [0.4, 0.5) is 0 Å². The molecule has 0 amide bonds. The van der Waals surface area contributed by atoms with Gasteiger partial charge in [-0.15, -0.1) is 0 Å². The van der Waals surface area contributed by atoms with Crippen LogP contribution in [0.2, 0.25) is 10.0 Å². The highest BCUT2D eigenvalue weighted by Crippen LogP contribution is 2.22. The van der Waals surface area contributed by atoms with Gasteiger partial charge in [0.15, 0.2) is 0 Å². The van der Waals surface area contributed by atoms with E-state index in [-0.39, 0.29) is 10.5 Å². The molecule has 2 rings (SSSR count). The van der Waals surface area contributed by atoms with Crippen molar-refractivity contribution in [1.29, 1.82) is 0 Å². The molecule has 0 unspecified atom stereocenters. The van der Waals surface area contributed by atoms with Gasteiger partial charge in [0.2, 0.25) is 4.77 Å². The molecule has 0 aliphatic rings. The average molecular weight is 315 g/mol. The van der Waals surface area contributed by atoms with Crippen LogP contribution in [-0.4, -0.2) is 21.1 Å². The molecule has 0 radical (unpaired) electrons. The van der Waals surface area contributed by atoms with E-state index in [1.54, 1.807) is 25.1 Å². The summed E-state index contributed by atoms with van der Waals surface area (Å²) in [4.78, 5) is 11.8. The lowest BCUT2D eigenvalue weighted by molar-refractivity contribution is 0.720. The van der Waals surface area contributed by atoms with E-state index in [9.17, 15) is 4.79 Å². The Labute approximate surface area is 123 Å². The second-order valence-corrected chi connectivity index (χ2v) is 4.81. The first-order valence-electron chi connectivity index (χ1n) is 5.17. The maximum absolute atomic E-state index is 11.8. The minimum absolute atomic E-state index is 0.0926. The second-order valence-electron chi connectivity index (χ2n) is 3.61. The summed E-state index contributed by atoms with van der Waals surface area (Å²) in [5.74, 6) is 0. The van der Waals surface area contributed by atoms with Crippen molar-refractivity contribution in [2.75, 3.05) is 0 Å². The second kappa shape index (κ2) is 5.64. The predicted octanol–water partition coefficient (Wildman–Crippen LogP) is 2.80. The normalized spacial score (nSPS) is 11.1. The zero-order chi connectivity index (χ0) is 14.0. The Morgan fingerprint density at radius 3 is 2.68 bits per heavy atom. The highest BCUT2D eigenvalue weighted by molar-refractivity contribution is 7.71. The summed E-state index contributed by atoms with van der Waals surface area (Å²) in [7, 11) is 0. The van der Waals surface area contributed by atoms with Gasteiger partial charge in [0.25, 0.3) is 5.56 Å². The Balaban J connectivity index is 2.53. The van der Waals surface area contributed by atoms with E-state index in [1.165, 1.54) is 6.21 Å². The van der Waals surface area contributed by atoms with Crippen molar-refractivity contribution in [3.05, 3.63) is 54.6 Å². The molecule has 0 fully saturated rings. The molecule has 1 aromatic heterocycles. The van der Waals surface area contributed by atoms with Crippen molar-refractivity contribution in [1.82, 2.24) is 14.9 Å². The first kappa shape index (κ1) is 13.9. The highest BCUT2D eigenvalue weighted by Gasteiger charge is 2.04. The van der Waals surface area contributed by atoms with Crippen molar-refractivity contribution in [3.8, 4) is 0 Å². The van der Waals surface area contributed by atoms with Crippen LogP contribution >= 0.6 is 35.4 Å². The molecule has 1 heterocycles. The van der Waals surface area contributed by atoms with E-state index in [1.807, 2.05) is 0 Å².